The van der Waals surface area contributed by atoms with Gasteiger partial charge < -0.3 is 9.47 Å². The number of para-hydroxylation sites is 1. The van der Waals surface area contributed by atoms with Gasteiger partial charge in [-0.05, 0) is 61.2 Å². The molecule has 2 aromatic carbocycles. The Morgan fingerprint density at radius 1 is 1.08 bits per heavy atom. The molecule has 3 aliphatic heterocycles. The highest BCUT2D eigenvalue weighted by Gasteiger charge is 2.36. The first-order valence-electron chi connectivity index (χ1n) is 12.9. The van der Waals surface area contributed by atoms with Crippen LogP contribution in [0.3, 0.4) is 0 Å². The molecule has 38 heavy (non-hydrogen) atoms. The third-order valence-electron chi connectivity index (χ3n) is 7.23. The number of fused-ring (bicyclic) bond motifs is 2. The number of amides is 2. The molecule has 2 amide bonds. The highest BCUT2D eigenvalue weighted by molar-refractivity contribution is 8.27. The number of aliphatic imine (C=N–C) groups is 1. The molecule has 0 unspecified atom stereocenters. The molecule has 0 bridgehead atoms. The number of hydrazone groups is 1. The van der Waals surface area contributed by atoms with Gasteiger partial charge in [0.15, 0.2) is 5.84 Å². The minimum atomic E-state index is -0.469. The minimum absolute atomic E-state index is 0.0244. The molecule has 4 heterocycles. The average Bonchev–Trinajstić information content (AvgIpc) is 3.49. The molecule has 8 nitrogen and oxygen atoms in total. The van der Waals surface area contributed by atoms with E-state index in [0.717, 1.165) is 48.8 Å². The van der Waals surface area contributed by atoms with Gasteiger partial charge in [-0.3, -0.25) is 15.0 Å². The SMILES string of the molecule is Cc1ccccc1Cn1cc(/C=C2\C(=N)N3N=C(CC(=O)N4CCCCC4)SC3=NC2=O)c2ccccc21. The second kappa shape index (κ2) is 10.1. The summed E-state index contributed by atoms with van der Waals surface area (Å²) in [6.45, 7) is 4.36. The molecule has 1 saturated heterocycles. The highest BCUT2D eigenvalue weighted by atomic mass is 32.2. The van der Waals surface area contributed by atoms with E-state index >= 15 is 0 Å². The molecule has 0 spiro atoms. The van der Waals surface area contributed by atoms with Gasteiger partial charge in [0.05, 0.1) is 12.0 Å². The molecule has 0 aliphatic carbocycles. The van der Waals surface area contributed by atoms with Gasteiger partial charge >= 0.3 is 0 Å². The van der Waals surface area contributed by atoms with Crippen molar-refractivity contribution in [2.24, 2.45) is 10.1 Å². The summed E-state index contributed by atoms with van der Waals surface area (Å²) in [5.41, 5.74) is 4.51. The van der Waals surface area contributed by atoms with Crippen LogP contribution in [0.15, 0.2) is 70.4 Å². The predicted octanol–water partition coefficient (Wildman–Crippen LogP) is 5.02. The summed E-state index contributed by atoms with van der Waals surface area (Å²) >= 11 is 1.20. The zero-order chi connectivity index (χ0) is 26.2. The molecule has 0 atom stereocenters. The Hall–Kier alpha value is -3.98. The lowest BCUT2D eigenvalue weighted by Crippen LogP contribution is -2.36. The van der Waals surface area contributed by atoms with Crippen molar-refractivity contribution >= 4 is 56.6 Å². The van der Waals surface area contributed by atoms with Gasteiger partial charge in [-0.15, -0.1) is 0 Å². The number of thioether (sulfide) groups is 1. The summed E-state index contributed by atoms with van der Waals surface area (Å²) < 4.78 is 2.17. The fraction of sp³-hybridized carbons (Fsp3) is 0.276. The van der Waals surface area contributed by atoms with Gasteiger partial charge in [0.1, 0.15) is 5.04 Å². The second-order valence-corrected chi connectivity index (χ2v) is 10.8. The van der Waals surface area contributed by atoms with Crippen molar-refractivity contribution in [3.05, 3.63) is 77.0 Å². The number of hydrogen-bond donors (Lipinski definition) is 1. The Kier molecular flexibility index (Phi) is 6.45. The van der Waals surface area contributed by atoms with Crippen LogP contribution < -0.4 is 0 Å². The molecule has 192 valence electrons. The maximum Gasteiger partial charge on any atom is 0.283 e. The number of benzene rings is 2. The minimum Gasteiger partial charge on any atom is -0.342 e. The zero-order valence-electron chi connectivity index (χ0n) is 21.2. The predicted molar refractivity (Wildman–Crippen MR) is 152 cm³/mol. The van der Waals surface area contributed by atoms with Gasteiger partial charge in [0.2, 0.25) is 11.1 Å². The Morgan fingerprint density at radius 2 is 1.84 bits per heavy atom. The second-order valence-electron chi connectivity index (χ2n) is 9.79. The van der Waals surface area contributed by atoms with Crippen LogP contribution in [0.4, 0.5) is 0 Å². The number of aromatic nitrogens is 1. The quantitative estimate of drug-likeness (QED) is 0.474. The van der Waals surface area contributed by atoms with Gasteiger partial charge in [-0.2, -0.15) is 15.1 Å². The van der Waals surface area contributed by atoms with Crippen molar-refractivity contribution in [1.29, 1.82) is 5.41 Å². The number of aryl methyl sites for hydroxylation is 1. The fourth-order valence-corrected chi connectivity index (χ4v) is 6.01. The molecule has 3 aliphatic rings. The van der Waals surface area contributed by atoms with E-state index in [1.54, 1.807) is 6.08 Å². The number of rotatable bonds is 5. The third-order valence-corrected chi connectivity index (χ3v) is 8.14. The van der Waals surface area contributed by atoms with Crippen molar-refractivity contribution < 1.29 is 9.59 Å². The van der Waals surface area contributed by atoms with Gasteiger partial charge in [0, 0.05) is 42.3 Å². The Labute approximate surface area is 225 Å². The number of hydrogen-bond acceptors (Lipinski definition) is 5. The smallest absolute Gasteiger partial charge is 0.283 e. The van der Waals surface area contributed by atoms with Crippen molar-refractivity contribution in [2.45, 2.75) is 39.2 Å². The molecule has 0 radical (unpaired) electrons. The fourth-order valence-electron chi connectivity index (χ4n) is 5.14. The molecule has 1 aromatic heterocycles. The molecule has 1 fully saturated rings. The van der Waals surface area contributed by atoms with E-state index in [2.05, 4.69) is 39.8 Å². The van der Waals surface area contributed by atoms with Crippen LogP contribution >= 0.6 is 11.8 Å². The number of amidine groups is 2. The number of carbonyl (C=O) groups is 2. The van der Waals surface area contributed by atoms with Crippen LogP contribution in [0.25, 0.3) is 17.0 Å². The van der Waals surface area contributed by atoms with Crippen LogP contribution in [0.2, 0.25) is 0 Å². The van der Waals surface area contributed by atoms with Crippen LogP contribution in [0, 0.1) is 12.3 Å². The van der Waals surface area contributed by atoms with Crippen LogP contribution in [0.1, 0.15) is 42.4 Å². The van der Waals surface area contributed by atoms with E-state index in [1.165, 1.54) is 27.9 Å². The average molecular weight is 525 g/mol. The molecule has 1 N–H and O–H groups in total. The normalized spacial score (nSPS) is 18.7. The number of nitrogens with zero attached hydrogens (tertiary/aromatic N) is 5. The lowest BCUT2D eigenvalue weighted by atomic mass is 10.1. The van der Waals surface area contributed by atoms with E-state index in [9.17, 15) is 9.59 Å². The van der Waals surface area contributed by atoms with E-state index in [1.807, 2.05) is 41.4 Å². The summed E-state index contributed by atoms with van der Waals surface area (Å²) in [6, 6.07) is 16.4. The van der Waals surface area contributed by atoms with Crippen LogP contribution in [0.5, 0.6) is 0 Å². The largest absolute Gasteiger partial charge is 0.342 e. The van der Waals surface area contributed by atoms with E-state index < -0.39 is 5.91 Å². The summed E-state index contributed by atoms with van der Waals surface area (Å²) in [6.07, 6.45) is 7.13. The first-order valence-corrected chi connectivity index (χ1v) is 13.7. The summed E-state index contributed by atoms with van der Waals surface area (Å²) in [7, 11) is 0. The summed E-state index contributed by atoms with van der Waals surface area (Å²) in [5.74, 6) is -0.460. The molecule has 0 saturated carbocycles. The third kappa shape index (κ3) is 4.58. The topological polar surface area (TPSA) is 94.1 Å². The molecule has 3 aromatic rings. The summed E-state index contributed by atoms with van der Waals surface area (Å²) in [4.78, 5) is 31.9. The van der Waals surface area contributed by atoms with Crippen molar-refractivity contribution in [3.63, 3.8) is 0 Å². The lowest BCUT2D eigenvalue weighted by molar-refractivity contribution is -0.130. The molecule has 9 heteroatoms. The molecule has 6 rings (SSSR count). The van der Waals surface area contributed by atoms with Gasteiger partial charge in [0.25, 0.3) is 5.91 Å². The standard InChI is InChI=1S/C29H28N6O2S/c1-19-9-3-4-10-20(19)17-34-18-21(22-11-5-6-12-24(22)34)15-23-27(30)35-29(31-28(23)37)38-25(32-35)16-26(36)33-13-7-2-8-14-33/h3-6,9-12,15,18,30H,2,7-8,13-14,16-17H2,1H3/b23-15+,30-27?. The van der Waals surface area contributed by atoms with Gasteiger partial charge in [-0.1, -0.05) is 42.5 Å². The Balaban J connectivity index is 1.28. The molecular formula is C29H28N6O2S. The maximum absolute atomic E-state index is 13.0. The van der Waals surface area contributed by atoms with Crippen molar-refractivity contribution in [2.75, 3.05) is 13.1 Å². The van der Waals surface area contributed by atoms with E-state index in [0.29, 0.717) is 16.8 Å². The van der Waals surface area contributed by atoms with Crippen LogP contribution in [-0.2, 0) is 16.1 Å². The summed E-state index contributed by atoms with van der Waals surface area (Å²) in [5, 5.41) is 16.5. The van der Waals surface area contributed by atoms with E-state index in [-0.39, 0.29) is 23.7 Å². The number of nitrogens with one attached hydrogen (secondary N) is 1. The highest BCUT2D eigenvalue weighted by Crippen LogP contribution is 2.31. The number of carbonyl (C=O) groups excluding carboxylic acids is 2. The van der Waals surface area contributed by atoms with Crippen LogP contribution in [-0.4, -0.2) is 55.4 Å². The first kappa shape index (κ1) is 24.4. The maximum atomic E-state index is 13.0. The lowest BCUT2D eigenvalue weighted by Gasteiger charge is -2.26. The number of piperidine rings is 1. The van der Waals surface area contributed by atoms with Gasteiger partial charge in [-0.25, -0.2) is 0 Å². The number of likely N-dealkylation sites (tertiary alicyclic amines) is 1. The van der Waals surface area contributed by atoms with Crippen molar-refractivity contribution in [3.8, 4) is 0 Å². The zero-order valence-corrected chi connectivity index (χ0v) is 22.0. The van der Waals surface area contributed by atoms with Crippen molar-refractivity contribution in [1.82, 2.24) is 14.5 Å². The first-order chi connectivity index (χ1) is 18.5. The Morgan fingerprint density at radius 3 is 2.66 bits per heavy atom. The monoisotopic (exact) mass is 524 g/mol. The van der Waals surface area contributed by atoms with E-state index in [4.69, 9.17) is 5.41 Å². The molecular weight excluding hydrogens is 496 g/mol. The Bertz CT molecular complexity index is 1560.